The van der Waals surface area contributed by atoms with Gasteiger partial charge in [-0.15, -0.1) is 0 Å². The molecule has 0 saturated carbocycles. The number of nitrogens with one attached hydrogen (secondary N) is 4. The Hall–Kier alpha value is -5.24. The number of unbranched alkanes of at least 4 members (excludes halogenated alkanes) is 8. The quantitative estimate of drug-likeness (QED) is 0.0218. The normalized spacial score (nSPS) is 20.4. The fourth-order valence-electron chi connectivity index (χ4n) is 17.0. The molecule has 0 unspecified atom stereocenters. The predicted molar refractivity (Wildman–Crippen MR) is 387 cm³/mol. The minimum absolute atomic E-state index is 0.0821. The third-order valence-electron chi connectivity index (χ3n) is 20.5. The third kappa shape index (κ3) is 32.2. The van der Waals surface area contributed by atoms with Crippen molar-refractivity contribution in [3.05, 3.63) is 0 Å². The van der Waals surface area contributed by atoms with Gasteiger partial charge in [-0.1, -0.05) is 32.6 Å². The SMILES string of the molecule is COC(=O)CCCCCNC(=O)OC1CC(C)(C)N(CCOC(=O)NCCCCCC(=O)OC2CC(C)(C)N(CCO)C(C)(C)C2)C(C)(C)C1.COC(=O)CCCCCNC(=O)OCCN1C(C)(C)CC(OC(=O)NCCCCCC(=O)OCCN2C(C)(C)CC(C)CC2(C)C)CC1(C)C. The summed E-state index contributed by atoms with van der Waals surface area (Å²) in [5.74, 6) is -0.105. The number of hydrogen-bond acceptors (Lipinski definition) is 21. The lowest BCUT2D eigenvalue weighted by Gasteiger charge is -2.55. The first-order chi connectivity index (χ1) is 46.6. The standard InChI is InChI=1S/C38H70N4O8.C37H68N4O9/c1-29-25-35(2,3)41(36(4,5)26-29)21-23-48-32(44)18-14-12-16-20-40-34(46)50-30-27-37(6,7)42(38(8,9)28-30)22-24-49-33(45)39-19-15-11-13-17-31(43)47-10;1-34(2)24-28(25-35(3,4)40(34)20-22-42)49-31(44)17-13-11-14-18-38-32(45)48-23-21-41-36(5,6)26-29(27-37(41,7)8)50-33(46)39-19-15-10-12-16-30(43)47-9/h29-30H,11-28H2,1-10H3,(H,39,45)(H,40,46);28-29,42H,10-27H2,1-9H3,(H,38,45)(H,39,46). The van der Waals surface area contributed by atoms with E-state index in [0.717, 1.165) is 103 Å². The molecular formula is C75H138N8O17. The molecule has 0 aromatic rings. The minimum Gasteiger partial charge on any atom is -0.469 e. The van der Waals surface area contributed by atoms with Gasteiger partial charge in [0.2, 0.25) is 0 Å². The summed E-state index contributed by atoms with van der Waals surface area (Å²) in [7, 11) is 2.76. The maximum Gasteiger partial charge on any atom is 0.407 e. The highest BCUT2D eigenvalue weighted by Crippen LogP contribution is 2.43. The number of carbonyl (C=O) groups excluding carboxylic acids is 8. The van der Waals surface area contributed by atoms with Crippen LogP contribution >= 0.6 is 0 Å². The minimum atomic E-state index is -0.460. The first kappa shape index (κ1) is 89.0. The first-order valence-corrected chi connectivity index (χ1v) is 37.5. The van der Waals surface area contributed by atoms with Crippen molar-refractivity contribution >= 4 is 48.3 Å². The molecule has 0 atom stereocenters. The molecule has 5 N–H and O–H groups in total. The summed E-state index contributed by atoms with van der Waals surface area (Å²) in [6.45, 7) is 42.3. The molecule has 0 spiro atoms. The van der Waals surface area contributed by atoms with Gasteiger partial charge in [0.25, 0.3) is 0 Å². The molecule has 25 nitrogen and oxygen atoms in total. The topological polar surface area (TPSA) is 292 Å². The molecule has 0 radical (unpaired) electrons. The van der Waals surface area contributed by atoms with E-state index in [1.54, 1.807) is 0 Å². The molecule has 4 rings (SSSR count). The molecule has 4 fully saturated rings. The summed E-state index contributed by atoms with van der Waals surface area (Å²) in [6.07, 6.45) is 14.6. The zero-order valence-corrected chi connectivity index (χ0v) is 65.5. The van der Waals surface area contributed by atoms with E-state index in [1.165, 1.54) is 14.2 Å². The second kappa shape index (κ2) is 41.9. The van der Waals surface area contributed by atoms with E-state index < -0.39 is 24.4 Å². The predicted octanol–water partition coefficient (Wildman–Crippen LogP) is 11.9. The molecule has 4 amide bonds. The summed E-state index contributed by atoms with van der Waals surface area (Å²) in [5.41, 5.74) is -1.32. The number of hydrogen-bond donors (Lipinski definition) is 5. The summed E-state index contributed by atoms with van der Waals surface area (Å²) >= 11 is 0. The summed E-state index contributed by atoms with van der Waals surface area (Å²) in [5, 5.41) is 20.8. The number of rotatable bonds is 38. The Bertz CT molecular complexity index is 2450. The van der Waals surface area contributed by atoms with Crippen LogP contribution in [0.2, 0.25) is 0 Å². The van der Waals surface area contributed by atoms with Crippen molar-refractivity contribution in [3.63, 3.8) is 0 Å². The number of methoxy groups -OCH3 is 2. The van der Waals surface area contributed by atoms with E-state index in [9.17, 15) is 43.5 Å². The van der Waals surface area contributed by atoms with Crippen molar-refractivity contribution in [3.8, 4) is 0 Å². The number of likely N-dealkylation sites (tertiary alicyclic amines) is 4. The Labute approximate surface area is 601 Å². The molecule has 0 aliphatic carbocycles. The lowest BCUT2D eigenvalue weighted by atomic mass is 9.74. The lowest BCUT2D eigenvalue weighted by Crippen LogP contribution is -2.63. The number of nitrogens with zero attached hydrogens (tertiary/aromatic N) is 4. The highest BCUT2D eigenvalue weighted by molar-refractivity contribution is 5.71. The van der Waals surface area contributed by atoms with Gasteiger partial charge in [0, 0.05) is 161 Å². The number of carbonyl (C=O) groups is 8. The van der Waals surface area contributed by atoms with E-state index in [0.29, 0.717) is 116 Å². The van der Waals surface area contributed by atoms with Gasteiger partial charge in [-0.25, -0.2) is 19.2 Å². The molecule has 25 heteroatoms. The second-order valence-electron chi connectivity index (χ2n) is 33.3. The van der Waals surface area contributed by atoms with Crippen molar-refractivity contribution in [2.45, 2.75) is 334 Å². The van der Waals surface area contributed by atoms with Gasteiger partial charge in [0.15, 0.2) is 0 Å². The Balaban J connectivity index is 0.000000520. The van der Waals surface area contributed by atoms with Crippen LogP contribution in [-0.4, -0.2) is 229 Å². The largest absolute Gasteiger partial charge is 0.469 e. The third-order valence-corrected chi connectivity index (χ3v) is 20.5. The molecular weight excluding hydrogens is 1280 g/mol. The van der Waals surface area contributed by atoms with Crippen molar-refractivity contribution < 1.29 is 81.4 Å². The molecule has 0 aromatic carbocycles. The van der Waals surface area contributed by atoms with Crippen LogP contribution < -0.4 is 21.3 Å². The molecule has 4 aliphatic rings. The smallest absolute Gasteiger partial charge is 0.407 e. The van der Waals surface area contributed by atoms with E-state index in [4.69, 9.17) is 28.4 Å². The average molecular weight is 1420 g/mol. The number of amides is 4. The van der Waals surface area contributed by atoms with Crippen molar-refractivity contribution in [2.24, 2.45) is 5.92 Å². The molecule has 0 bridgehead atoms. The van der Waals surface area contributed by atoms with E-state index in [-0.39, 0.29) is 106 Å². The van der Waals surface area contributed by atoms with Crippen LogP contribution in [0.5, 0.6) is 0 Å². The van der Waals surface area contributed by atoms with Crippen LogP contribution in [0.25, 0.3) is 0 Å². The summed E-state index contributed by atoms with van der Waals surface area (Å²) in [4.78, 5) is 106. The van der Waals surface area contributed by atoms with Crippen LogP contribution in [0.3, 0.4) is 0 Å². The average Bonchev–Trinajstić information content (AvgIpc) is 0.795. The van der Waals surface area contributed by atoms with Crippen LogP contribution in [0.4, 0.5) is 19.2 Å². The Morgan fingerprint density at radius 3 is 0.900 bits per heavy atom. The monoisotopic (exact) mass is 1420 g/mol. The molecule has 580 valence electrons. The zero-order valence-electron chi connectivity index (χ0n) is 65.5. The van der Waals surface area contributed by atoms with E-state index in [2.05, 4.69) is 168 Å². The maximum atomic E-state index is 12.6. The zero-order chi connectivity index (χ0) is 75.2. The molecule has 0 aromatic heterocycles. The Morgan fingerprint density at radius 1 is 0.330 bits per heavy atom. The fourth-order valence-corrected chi connectivity index (χ4v) is 17.0. The number of aliphatic hydroxyl groups excluding tert-OH is 1. The summed E-state index contributed by atoms with van der Waals surface area (Å²) < 4.78 is 43.3. The fraction of sp³-hybridized carbons (Fsp3) is 0.893. The van der Waals surface area contributed by atoms with Gasteiger partial charge in [0.05, 0.1) is 20.8 Å². The van der Waals surface area contributed by atoms with Crippen molar-refractivity contribution in [1.29, 1.82) is 0 Å². The highest BCUT2D eigenvalue weighted by atomic mass is 16.6. The van der Waals surface area contributed by atoms with Gasteiger partial charge in [-0.3, -0.25) is 38.8 Å². The number of β-amino-alcohol motifs (C(OH)–C–C–N with tert-alkyl or cyclic N) is 1. The number of piperidine rings is 4. The van der Waals surface area contributed by atoms with Gasteiger partial charge in [-0.2, -0.15) is 0 Å². The van der Waals surface area contributed by atoms with Crippen molar-refractivity contribution in [2.75, 3.05) is 93.0 Å². The van der Waals surface area contributed by atoms with Crippen molar-refractivity contribution in [1.82, 2.24) is 40.9 Å². The highest BCUT2D eigenvalue weighted by Gasteiger charge is 2.50. The molecule has 100 heavy (non-hydrogen) atoms. The number of ether oxygens (including phenoxy) is 8. The van der Waals surface area contributed by atoms with E-state index in [1.807, 2.05) is 0 Å². The van der Waals surface area contributed by atoms with Crippen LogP contribution in [0.15, 0.2) is 0 Å². The van der Waals surface area contributed by atoms with Gasteiger partial charge in [-0.05, 0) is 181 Å². The number of aliphatic hydroxyl groups is 1. The molecule has 4 saturated heterocycles. The van der Waals surface area contributed by atoms with Crippen LogP contribution in [-0.2, 0) is 57.1 Å². The number of esters is 4. The Kier molecular flexibility index (Phi) is 37.3. The molecule has 4 heterocycles. The van der Waals surface area contributed by atoms with Gasteiger partial charge in [0.1, 0.15) is 38.1 Å². The van der Waals surface area contributed by atoms with Gasteiger partial charge >= 0.3 is 48.3 Å². The maximum absolute atomic E-state index is 12.6. The molecule has 4 aliphatic heterocycles. The van der Waals surface area contributed by atoms with Crippen LogP contribution in [0, 0.1) is 5.92 Å². The van der Waals surface area contributed by atoms with Gasteiger partial charge < -0.3 is 64.3 Å². The first-order valence-electron chi connectivity index (χ1n) is 37.5. The summed E-state index contributed by atoms with van der Waals surface area (Å²) in [6, 6.07) is 0. The lowest BCUT2D eigenvalue weighted by molar-refractivity contribution is -0.161. The number of alkyl carbamates (subject to hydrolysis) is 4. The Morgan fingerprint density at radius 2 is 0.590 bits per heavy atom. The van der Waals surface area contributed by atoms with E-state index >= 15 is 0 Å². The van der Waals surface area contributed by atoms with Crippen LogP contribution in [0.1, 0.15) is 272 Å². The second-order valence-corrected chi connectivity index (χ2v) is 33.3.